The van der Waals surface area contributed by atoms with Crippen LogP contribution in [0.15, 0.2) is 66.7 Å². The van der Waals surface area contributed by atoms with Crippen LogP contribution in [0, 0.1) is 11.8 Å². The molecule has 1 N–H and O–H groups in total. The molecule has 1 saturated heterocycles. The fourth-order valence-corrected chi connectivity index (χ4v) is 4.42. The largest absolute Gasteiger partial charge is 0.494 e. The highest BCUT2D eigenvalue weighted by atomic mass is 19.4. The molecular weight excluding hydrogens is 576 g/mol. The first-order valence-corrected chi connectivity index (χ1v) is 13.3. The number of anilines is 1. The van der Waals surface area contributed by atoms with E-state index in [1.807, 2.05) is 11.8 Å². The lowest BCUT2D eigenvalue weighted by molar-refractivity contribution is -0.137. The number of amides is 2. The molecule has 2 amide bonds. The van der Waals surface area contributed by atoms with Crippen molar-refractivity contribution in [2.24, 2.45) is 0 Å². The van der Waals surface area contributed by atoms with Crippen LogP contribution in [-0.4, -0.2) is 62.2 Å². The first kappa shape index (κ1) is 31.3. The fraction of sp³-hybridized carbons (Fsp3) is 0.290. The molecule has 1 fully saturated rings. The SMILES string of the molecule is CCOc1cccc(C#Cc2cc(C(=O)N3CCN(c4ccc(C(=O)NCC(F)(F)F)cc4)CC3)cc(C(F)(F)F)c2)c1. The zero-order valence-electron chi connectivity index (χ0n) is 23.0. The summed E-state index contributed by atoms with van der Waals surface area (Å²) in [6.07, 6.45) is -9.21. The number of carbonyl (C=O) groups is 2. The highest BCUT2D eigenvalue weighted by molar-refractivity contribution is 5.95. The number of alkyl halides is 6. The summed E-state index contributed by atoms with van der Waals surface area (Å²) in [4.78, 5) is 28.6. The van der Waals surface area contributed by atoms with Crippen molar-refractivity contribution in [1.82, 2.24) is 10.2 Å². The van der Waals surface area contributed by atoms with E-state index in [2.05, 4.69) is 11.8 Å². The highest BCUT2D eigenvalue weighted by Crippen LogP contribution is 2.31. The average molecular weight is 604 g/mol. The summed E-state index contributed by atoms with van der Waals surface area (Å²) < 4.78 is 83.6. The Morgan fingerprint density at radius 3 is 2.14 bits per heavy atom. The Balaban J connectivity index is 1.45. The topological polar surface area (TPSA) is 61.9 Å². The van der Waals surface area contributed by atoms with Crippen LogP contribution in [0.2, 0.25) is 0 Å². The van der Waals surface area contributed by atoms with E-state index in [0.29, 0.717) is 36.7 Å². The minimum absolute atomic E-state index is 0.0398. The van der Waals surface area contributed by atoms with E-state index in [0.717, 1.165) is 12.1 Å². The number of ether oxygens (including phenoxy) is 1. The van der Waals surface area contributed by atoms with Gasteiger partial charge in [-0.2, -0.15) is 26.3 Å². The van der Waals surface area contributed by atoms with Crippen LogP contribution in [0.25, 0.3) is 0 Å². The first-order valence-electron chi connectivity index (χ1n) is 13.3. The molecule has 0 aromatic heterocycles. The number of halogens is 6. The third-order valence-corrected chi connectivity index (χ3v) is 6.51. The first-order chi connectivity index (χ1) is 20.3. The van der Waals surface area contributed by atoms with Gasteiger partial charge in [0, 0.05) is 54.1 Å². The van der Waals surface area contributed by atoms with Gasteiger partial charge in [-0.1, -0.05) is 17.9 Å². The Labute approximate surface area is 244 Å². The molecule has 1 heterocycles. The van der Waals surface area contributed by atoms with Crippen molar-refractivity contribution in [1.29, 1.82) is 0 Å². The Morgan fingerprint density at radius 1 is 0.837 bits per heavy atom. The van der Waals surface area contributed by atoms with Gasteiger partial charge in [-0.25, -0.2) is 0 Å². The smallest absolute Gasteiger partial charge is 0.416 e. The fourth-order valence-electron chi connectivity index (χ4n) is 4.42. The van der Waals surface area contributed by atoms with Crippen molar-refractivity contribution in [3.05, 3.63) is 94.5 Å². The summed E-state index contributed by atoms with van der Waals surface area (Å²) in [7, 11) is 0. The Hall–Kier alpha value is -4.66. The number of nitrogens with zero attached hydrogens (tertiary/aromatic N) is 2. The number of piperazine rings is 1. The summed E-state index contributed by atoms with van der Waals surface area (Å²) in [5.41, 5.74) is 0.214. The van der Waals surface area contributed by atoms with Gasteiger partial charge in [-0.05, 0) is 67.6 Å². The van der Waals surface area contributed by atoms with E-state index in [9.17, 15) is 35.9 Å². The molecule has 0 aliphatic carbocycles. The molecule has 3 aromatic rings. The molecule has 0 spiro atoms. The van der Waals surface area contributed by atoms with E-state index in [4.69, 9.17) is 4.74 Å². The molecule has 0 bridgehead atoms. The van der Waals surface area contributed by atoms with Crippen molar-refractivity contribution in [2.45, 2.75) is 19.3 Å². The van der Waals surface area contributed by atoms with Gasteiger partial charge in [0.2, 0.25) is 0 Å². The minimum atomic E-state index is -4.68. The summed E-state index contributed by atoms with van der Waals surface area (Å²) in [5.74, 6) is 4.71. The van der Waals surface area contributed by atoms with Crippen molar-refractivity contribution < 1.29 is 40.7 Å². The van der Waals surface area contributed by atoms with Crippen LogP contribution >= 0.6 is 0 Å². The third kappa shape index (κ3) is 8.67. The second-order valence-electron chi connectivity index (χ2n) is 9.63. The van der Waals surface area contributed by atoms with Gasteiger partial charge in [0.1, 0.15) is 12.3 Å². The number of hydrogen-bond acceptors (Lipinski definition) is 4. The molecule has 1 aliphatic rings. The van der Waals surface area contributed by atoms with Crippen molar-refractivity contribution in [3.63, 3.8) is 0 Å². The predicted octanol–water partition coefficient (Wildman–Crippen LogP) is 5.76. The van der Waals surface area contributed by atoms with Crippen molar-refractivity contribution in [3.8, 4) is 17.6 Å². The second kappa shape index (κ2) is 13.1. The Morgan fingerprint density at radius 2 is 1.51 bits per heavy atom. The molecule has 3 aromatic carbocycles. The molecule has 6 nitrogen and oxygen atoms in total. The van der Waals surface area contributed by atoms with E-state index in [1.54, 1.807) is 41.7 Å². The zero-order valence-corrected chi connectivity index (χ0v) is 23.0. The maximum atomic E-state index is 13.7. The van der Waals surface area contributed by atoms with Crippen LogP contribution in [-0.2, 0) is 6.18 Å². The predicted molar refractivity (Wildman–Crippen MR) is 148 cm³/mol. The maximum Gasteiger partial charge on any atom is 0.416 e. The highest BCUT2D eigenvalue weighted by Gasteiger charge is 2.33. The van der Waals surface area contributed by atoms with Gasteiger partial charge in [-0.15, -0.1) is 0 Å². The van der Waals surface area contributed by atoms with Crippen LogP contribution in [0.5, 0.6) is 5.75 Å². The summed E-state index contributed by atoms with van der Waals surface area (Å²) in [6, 6.07) is 15.9. The summed E-state index contributed by atoms with van der Waals surface area (Å²) in [5, 5.41) is 1.81. The third-order valence-electron chi connectivity index (χ3n) is 6.51. The number of benzene rings is 3. The Kier molecular flexibility index (Phi) is 9.53. The monoisotopic (exact) mass is 603 g/mol. The number of hydrogen-bond donors (Lipinski definition) is 1. The molecule has 43 heavy (non-hydrogen) atoms. The molecule has 4 rings (SSSR count). The van der Waals surface area contributed by atoms with Gasteiger partial charge in [0.05, 0.1) is 12.2 Å². The quantitative estimate of drug-likeness (QED) is 0.288. The molecule has 0 radical (unpaired) electrons. The van der Waals surface area contributed by atoms with E-state index < -0.39 is 36.3 Å². The van der Waals surface area contributed by atoms with Crippen LogP contribution in [0.1, 0.15) is 44.3 Å². The normalized spacial score (nSPS) is 13.7. The molecule has 0 saturated carbocycles. The van der Waals surface area contributed by atoms with Gasteiger partial charge >= 0.3 is 12.4 Å². The standard InChI is InChI=1S/C31H27F6N3O3/c1-2-43-27-5-3-4-21(18-27)6-7-22-16-24(19-25(17-22)31(35,36)37)29(42)40-14-12-39(13-15-40)26-10-8-23(9-11-26)28(41)38-20-30(32,33)34/h3-5,8-11,16-19H,2,12-15,20H2,1H3,(H,38,41). The molecule has 12 heteroatoms. The zero-order chi connectivity index (χ0) is 31.2. The van der Waals surface area contributed by atoms with Gasteiger partial charge in [-0.3, -0.25) is 9.59 Å². The lowest BCUT2D eigenvalue weighted by atomic mass is 10.0. The molecular formula is C31H27F6N3O3. The average Bonchev–Trinajstić information content (AvgIpc) is 2.98. The summed E-state index contributed by atoms with van der Waals surface area (Å²) >= 11 is 0. The number of carbonyl (C=O) groups excluding carboxylic acids is 2. The van der Waals surface area contributed by atoms with Crippen LogP contribution < -0.4 is 15.0 Å². The van der Waals surface area contributed by atoms with E-state index in [-0.39, 0.29) is 29.8 Å². The van der Waals surface area contributed by atoms with E-state index >= 15 is 0 Å². The van der Waals surface area contributed by atoms with Crippen molar-refractivity contribution >= 4 is 17.5 Å². The van der Waals surface area contributed by atoms with Gasteiger partial charge in [0.15, 0.2) is 0 Å². The minimum Gasteiger partial charge on any atom is -0.494 e. The lowest BCUT2D eigenvalue weighted by Crippen LogP contribution is -2.48. The summed E-state index contributed by atoms with van der Waals surface area (Å²) in [6.45, 7) is 1.98. The molecule has 1 aliphatic heterocycles. The number of rotatable bonds is 6. The van der Waals surface area contributed by atoms with Crippen LogP contribution in [0.3, 0.4) is 0 Å². The van der Waals surface area contributed by atoms with Gasteiger partial charge in [0.25, 0.3) is 11.8 Å². The van der Waals surface area contributed by atoms with E-state index in [1.165, 1.54) is 23.1 Å². The van der Waals surface area contributed by atoms with Crippen LogP contribution in [0.4, 0.5) is 32.0 Å². The van der Waals surface area contributed by atoms with Gasteiger partial charge < -0.3 is 19.9 Å². The molecule has 0 unspecified atom stereocenters. The molecule has 226 valence electrons. The maximum absolute atomic E-state index is 13.7. The second-order valence-corrected chi connectivity index (χ2v) is 9.63. The lowest BCUT2D eigenvalue weighted by Gasteiger charge is -2.36. The van der Waals surface area contributed by atoms with Crippen molar-refractivity contribution in [2.75, 3.05) is 44.2 Å². The molecule has 0 atom stereocenters. The number of nitrogens with one attached hydrogen (secondary N) is 1. The Bertz CT molecular complexity index is 1520.